The van der Waals surface area contributed by atoms with Gasteiger partial charge in [0, 0.05) is 54.9 Å². The Bertz CT molecular complexity index is 2160. The van der Waals surface area contributed by atoms with Crippen LogP contribution in [0.2, 0.25) is 0 Å². The largest absolute Gasteiger partial charge is 0.396 e. The second-order valence-electron chi connectivity index (χ2n) is 24.0. The first-order valence-corrected chi connectivity index (χ1v) is 26.7. The van der Waals surface area contributed by atoms with Gasteiger partial charge in [-0.1, -0.05) is 44.4 Å². The summed E-state index contributed by atoms with van der Waals surface area (Å²) in [6.07, 6.45) is 13.2. The van der Waals surface area contributed by atoms with Gasteiger partial charge in [0.05, 0.1) is 65.1 Å². The third kappa shape index (κ3) is 7.10. The van der Waals surface area contributed by atoms with Crippen molar-refractivity contribution in [3.05, 3.63) is 46.8 Å². The first-order chi connectivity index (χ1) is 32.4. The van der Waals surface area contributed by atoms with E-state index >= 15 is 4.79 Å². The highest BCUT2D eigenvalue weighted by atomic mass is 16.5. The highest BCUT2D eigenvalue weighted by molar-refractivity contribution is 6.03. The molecule has 9 aliphatic carbocycles. The van der Waals surface area contributed by atoms with Gasteiger partial charge in [0.1, 0.15) is 5.60 Å². The number of Topliss-reactive ketones (excluding diaryl/α,β-unsaturated/α-hetero) is 1. The molecule has 3 spiro atoms. The number of carbonyl (C=O) groups excluding carboxylic acids is 1. The van der Waals surface area contributed by atoms with Crippen molar-refractivity contribution >= 4 is 5.78 Å². The van der Waals surface area contributed by atoms with E-state index in [4.69, 9.17) is 10.5 Å². The molecule has 2 heterocycles. The molecule has 13 heteroatoms. The maximum atomic E-state index is 16.2. The number of dihydropyridines is 1. The highest BCUT2D eigenvalue weighted by Crippen LogP contribution is 2.77. The van der Waals surface area contributed by atoms with Crippen LogP contribution in [-0.4, -0.2) is 119 Å². The van der Waals surface area contributed by atoms with Crippen LogP contribution >= 0.6 is 0 Å². The van der Waals surface area contributed by atoms with Gasteiger partial charge in [0.25, 0.3) is 0 Å². The van der Waals surface area contributed by atoms with Gasteiger partial charge in [-0.2, -0.15) is 0 Å². The number of aliphatic hydroxyl groups is 8. The van der Waals surface area contributed by atoms with Crippen molar-refractivity contribution in [1.29, 1.82) is 0 Å². The Hall–Kier alpha value is -2.61. The van der Waals surface area contributed by atoms with Crippen LogP contribution in [0.3, 0.4) is 0 Å². The number of carbonyl (C=O) groups is 1. The maximum absolute atomic E-state index is 16.2. The third-order valence-corrected chi connectivity index (χ3v) is 20.6. The fourth-order valence-corrected chi connectivity index (χ4v) is 17.6. The van der Waals surface area contributed by atoms with Gasteiger partial charge in [-0.05, 0) is 150 Å². The summed E-state index contributed by atoms with van der Waals surface area (Å²) in [5.74, 6) is 5.15. The van der Waals surface area contributed by atoms with Gasteiger partial charge in [0.15, 0.2) is 5.78 Å². The zero-order chi connectivity index (χ0) is 48.2. The number of nitrogens with two attached hydrogens (primary N) is 1. The molecule has 6 fully saturated rings. The predicted octanol–water partition coefficient (Wildman–Crippen LogP) is 3.91. The molecule has 1 unspecified atom stereocenters. The van der Waals surface area contributed by atoms with Gasteiger partial charge in [-0.15, -0.1) is 11.8 Å². The summed E-state index contributed by atoms with van der Waals surface area (Å²) in [4.78, 5) is 16.2. The van der Waals surface area contributed by atoms with Crippen LogP contribution in [0.5, 0.6) is 0 Å². The number of ketones is 1. The molecule has 11 rings (SSSR count). The highest BCUT2D eigenvalue weighted by Gasteiger charge is 2.79. The maximum Gasteiger partial charge on any atom is 0.186 e. The van der Waals surface area contributed by atoms with Crippen LogP contribution in [0.4, 0.5) is 0 Å². The molecule has 6 bridgehead atoms. The van der Waals surface area contributed by atoms with E-state index in [1.807, 2.05) is 12.2 Å². The quantitative estimate of drug-likeness (QED) is 0.104. The summed E-state index contributed by atoms with van der Waals surface area (Å²) in [5.41, 5.74) is 0.243. The fraction of sp³-hybridized carbons (Fsp3) is 0.800. The summed E-state index contributed by atoms with van der Waals surface area (Å²) >= 11 is 0. The minimum Gasteiger partial charge on any atom is -0.396 e. The van der Waals surface area contributed by atoms with Crippen molar-refractivity contribution in [3.63, 3.8) is 0 Å². The predicted molar refractivity (Wildman–Crippen MR) is 255 cm³/mol. The number of aliphatic hydroxyl groups excluding tert-OH is 5. The third-order valence-electron chi connectivity index (χ3n) is 20.6. The topological polar surface area (TPSA) is 238 Å². The van der Waals surface area contributed by atoms with Crippen LogP contribution in [0.1, 0.15) is 143 Å². The molecule has 0 aromatic carbocycles. The smallest absolute Gasteiger partial charge is 0.186 e. The lowest BCUT2D eigenvalue weighted by molar-refractivity contribution is -0.258. The summed E-state index contributed by atoms with van der Waals surface area (Å²) < 4.78 is 7.07. The summed E-state index contributed by atoms with van der Waals surface area (Å²) in [7, 11) is 0. The van der Waals surface area contributed by atoms with E-state index in [0.29, 0.717) is 56.4 Å². The zero-order valence-corrected chi connectivity index (χ0v) is 40.7. The summed E-state index contributed by atoms with van der Waals surface area (Å²) in [5, 5.41) is 105. The normalized spacial score (nSPS) is 48.4. The Balaban J connectivity index is 1.15. The lowest BCUT2D eigenvalue weighted by atomic mass is 9.36. The molecule has 0 aromatic rings. The number of hydrogen-bond acceptors (Lipinski definition) is 13. The number of fused-ring (bicyclic) bond motifs is 6. The van der Waals surface area contributed by atoms with Crippen LogP contribution in [0.25, 0.3) is 0 Å². The first kappa shape index (κ1) is 49.0. The summed E-state index contributed by atoms with van der Waals surface area (Å²) in [6, 6.07) is 0. The molecule has 0 aromatic heterocycles. The Morgan fingerprint density at radius 3 is 2.49 bits per heavy atom. The zero-order valence-electron chi connectivity index (χ0n) is 40.7. The van der Waals surface area contributed by atoms with Crippen LogP contribution in [0, 0.1) is 69.5 Å². The molecular formula is C55H81N3O10. The number of hydrogen-bond donors (Lipinski definition) is 11. The number of nitrogens with one attached hydrogen (secondary N) is 2. The van der Waals surface area contributed by atoms with E-state index in [1.54, 1.807) is 13.8 Å². The Labute approximate surface area is 403 Å². The van der Waals surface area contributed by atoms with Gasteiger partial charge < -0.3 is 62.0 Å². The fourth-order valence-electron chi connectivity index (χ4n) is 17.6. The van der Waals surface area contributed by atoms with E-state index < -0.39 is 81.6 Å². The van der Waals surface area contributed by atoms with Crippen molar-refractivity contribution in [1.82, 2.24) is 10.6 Å². The second-order valence-corrected chi connectivity index (χ2v) is 24.0. The molecule has 11 aliphatic rings. The average molecular weight is 944 g/mol. The van der Waals surface area contributed by atoms with Gasteiger partial charge >= 0.3 is 0 Å². The van der Waals surface area contributed by atoms with Gasteiger partial charge in [-0.25, -0.2) is 0 Å². The van der Waals surface area contributed by atoms with E-state index in [1.165, 1.54) is 0 Å². The molecule has 0 amide bonds. The number of ether oxygens (including phenoxy) is 1. The monoisotopic (exact) mass is 944 g/mol. The SMILES string of the molecule is CCC[C@H]1CC[C@H]2[C@@H]3[C@H](O)CCC[C@](O)([C@](C)(O)[C@H]4CC[C@@]5(O)C6=C(NC[C@H](C)O)C(=O)[C@@]78CC#CC[C@@]45C[C@@H]4C=C[C@@H](C5=C(CCCO)NC(N)C=C5)C[C@@]7(C[C@H](O)[C@H](O)C8)[C@H]64)[C@@H]3O[C@@H]2CC1. The first-order valence-electron chi connectivity index (χ1n) is 26.7. The molecule has 12 N–H and O–H groups in total. The van der Waals surface area contributed by atoms with E-state index in [-0.39, 0.29) is 92.9 Å². The second kappa shape index (κ2) is 17.9. The van der Waals surface area contributed by atoms with Gasteiger partial charge in [-0.3, -0.25) is 4.79 Å². The Kier molecular flexibility index (Phi) is 12.9. The Morgan fingerprint density at radius 2 is 1.72 bits per heavy atom. The van der Waals surface area contributed by atoms with E-state index in [2.05, 4.69) is 41.6 Å². The van der Waals surface area contributed by atoms with Crippen LogP contribution in [-0.2, 0) is 9.53 Å². The lowest BCUT2D eigenvalue weighted by Gasteiger charge is -2.68. The molecule has 13 nitrogen and oxygen atoms in total. The molecule has 0 radical (unpaired) electrons. The van der Waals surface area contributed by atoms with Crippen LogP contribution < -0.4 is 16.4 Å². The average Bonchev–Trinajstić information content (AvgIpc) is 3.63. The molecule has 376 valence electrons. The molecule has 1 saturated heterocycles. The lowest BCUT2D eigenvalue weighted by Crippen LogP contribution is -2.72. The van der Waals surface area contributed by atoms with Crippen molar-refractivity contribution in [2.45, 2.75) is 202 Å². The summed E-state index contributed by atoms with van der Waals surface area (Å²) in [6.45, 7) is 5.65. The van der Waals surface area contributed by atoms with Gasteiger partial charge in [0.2, 0.25) is 0 Å². The van der Waals surface area contributed by atoms with Crippen molar-refractivity contribution in [3.8, 4) is 11.8 Å². The van der Waals surface area contributed by atoms with Crippen molar-refractivity contribution < 1.29 is 50.4 Å². The Morgan fingerprint density at radius 1 is 0.956 bits per heavy atom. The standard InChI is InChI=1S/C55H81N3O10/c1-4-9-32-12-16-36-41(18-13-32)68-49-44(36)38(61)11-7-23-55(49,67)50(3,65)42-20-24-54(66)46-45-34-15-14-33(35-17-19-43(56)58-37(35)10-8-25-59)26-53(45)29-40(63)39(62)28-52(53,22-6-5-21-51(42,54)27-34)48(64)47(46)57-30-31(2)60/h14-15,17,19,31-34,36,38-45,49,57-63,65-67H,4,7-13,16,18,20-30,56H2,1-3H3/t31-,32-,33+,34-,36+,38+,39+,40-,41+,42+,43?,44+,45-,49+,50+,51+,52-,53+,54+,55+/m0/s1. The van der Waals surface area contributed by atoms with E-state index in [9.17, 15) is 40.9 Å². The molecule has 5 saturated carbocycles. The number of allylic oxidation sites excluding steroid dienone is 6. The van der Waals surface area contributed by atoms with Crippen molar-refractivity contribution in [2.75, 3.05) is 13.2 Å². The molecular weight excluding hydrogens is 863 g/mol. The molecule has 68 heavy (non-hydrogen) atoms. The molecule has 2 aliphatic heterocycles. The van der Waals surface area contributed by atoms with Crippen molar-refractivity contribution in [2.24, 2.45) is 63.4 Å². The minimum atomic E-state index is -1.85. The molecule has 20 atom stereocenters. The van der Waals surface area contributed by atoms with E-state index in [0.717, 1.165) is 49.8 Å². The van der Waals surface area contributed by atoms with Crippen LogP contribution in [0.15, 0.2) is 46.8 Å². The minimum absolute atomic E-state index is 0.00176. The number of rotatable bonds is 11.